The zero-order valence-corrected chi connectivity index (χ0v) is 13.9. The van der Waals surface area contributed by atoms with Crippen LogP contribution in [0.5, 0.6) is 0 Å². The number of benzene rings is 1. The van der Waals surface area contributed by atoms with Crippen molar-refractivity contribution in [2.75, 3.05) is 0 Å². The number of hydrogen-bond acceptors (Lipinski definition) is 3. The molecule has 2 N–H and O–H groups in total. The number of halogens is 1. The number of carboxylic acids is 1. The van der Waals surface area contributed by atoms with Gasteiger partial charge in [0, 0.05) is 27.3 Å². The van der Waals surface area contributed by atoms with Crippen LogP contribution in [-0.2, 0) is 25.9 Å². The molecule has 0 spiro atoms. The fraction of sp³-hybridized carbons (Fsp3) is 0.312. The number of fused-ring (bicyclic) bond motifs is 1. The Morgan fingerprint density at radius 1 is 1.29 bits per heavy atom. The fourth-order valence-corrected chi connectivity index (χ4v) is 4.37. The summed E-state index contributed by atoms with van der Waals surface area (Å²) >= 11 is 5.35. The topological polar surface area (TPSA) is 49.3 Å². The molecule has 110 valence electrons. The molecule has 0 amide bonds. The van der Waals surface area contributed by atoms with Gasteiger partial charge in [-0.25, -0.2) is 4.79 Å². The molecule has 3 nitrogen and oxygen atoms in total. The minimum absolute atomic E-state index is 0.306. The zero-order valence-electron chi connectivity index (χ0n) is 11.5. The molecule has 5 heteroatoms. The van der Waals surface area contributed by atoms with Crippen LogP contribution in [-0.4, -0.2) is 11.1 Å². The van der Waals surface area contributed by atoms with Crippen LogP contribution in [0.3, 0.4) is 0 Å². The van der Waals surface area contributed by atoms with Crippen LogP contribution in [0.15, 0.2) is 28.7 Å². The first-order chi connectivity index (χ1) is 10.1. The van der Waals surface area contributed by atoms with E-state index in [1.807, 2.05) is 17.4 Å². The maximum atomic E-state index is 10.9. The van der Waals surface area contributed by atoms with Crippen LogP contribution >= 0.6 is 27.3 Å². The maximum Gasteiger partial charge on any atom is 0.335 e. The second-order valence-electron chi connectivity index (χ2n) is 5.23. The number of carbonyl (C=O) groups is 1. The van der Waals surface area contributed by atoms with Crippen molar-refractivity contribution in [2.24, 2.45) is 0 Å². The van der Waals surface area contributed by atoms with E-state index in [4.69, 9.17) is 5.11 Å². The van der Waals surface area contributed by atoms with E-state index in [9.17, 15) is 4.79 Å². The first kappa shape index (κ1) is 14.8. The quantitative estimate of drug-likeness (QED) is 0.841. The second kappa shape index (κ2) is 6.30. The average Bonchev–Trinajstić information content (AvgIpc) is 3.01. The molecule has 0 fully saturated rings. The van der Waals surface area contributed by atoms with Gasteiger partial charge in [-0.2, -0.15) is 0 Å². The highest BCUT2D eigenvalue weighted by Gasteiger charge is 2.14. The van der Waals surface area contributed by atoms with Gasteiger partial charge in [0.2, 0.25) is 0 Å². The Balaban J connectivity index is 1.58. The molecule has 0 saturated carbocycles. The Morgan fingerprint density at radius 2 is 2.14 bits per heavy atom. The average molecular weight is 366 g/mol. The molecule has 1 aromatic carbocycles. The number of rotatable bonds is 5. The summed E-state index contributed by atoms with van der Waals surface area (Å²) in [6.45, 7) is 1.59. The lowest BCUT2D eigenvalue weighted by atomic mass is 10.1. The Morgan fingerprint density at radius 3 is 2.86 bits per heavy atom. The molecule has 0 saturated heterocycles. The number of nitrogens with one attached hydrogen (secondary N) is 1. The van der Waals surface area contributed by atoms with Crippen molar-refractivity contribution >= 4 is 33.2 Å². The second-order valence-corrected chi connectivity index (χ2v) is 7.31. The van der Waals surface area contributed by atoms with Crippen molar-refractivity contribution in [3.05, 3.63) is 55.2 Å². The monoisotopic (exact) mass is 365 g/mol. The summed E-state index contributed by atoms with van der Waals surface area (Å²) in [6.07, 6.45) is 3.77. The van der Waals surface area contributed by atoms with Gasteiger partial charge in [0.15, 0.2) is 0 Å². The number of aryl methyl sites for hydroxylation is 2. The van der Waals surface area contributed by atoms with Gasteiger partial charge in [-0.1, -0.05) is 22.0 Å². The van der Waals surface area contributed by atoms with Crippen molar-refractivity contribution in [3.8, 4) is 0 Å². The normalized spacial score (nSPS) is 13.4. The van der Waals surface area contributed by atoms with Gasteiger partial charge in [-0.3, -0.25) is 0 Å². The molecule has 1 heterocycles. The van der Waals surface area contributed by atoms with Gasteiger partial charge in [0.05, 0.1) is 5.56 Å². The van der Waals surface area contributed by atoms with E-state index in [2.05, 4.69) is 27.3 Å². The standard InChI is InChI=1S/C16H16BrNO2S/c17-14-7-11(16(19)20)4-5-12(14)8-18-9-13-6-10-2-1-3-15(10)21-13/h4-7,18H,1-3,8-9H2,(H,19,20). The van der Waals surface area contributed by atoms with Crippen LogP contribution in [0, 0.1) is 0 Å². The molecule has 0 bridgehead atoms. The lowest BCUT2D eigenvalue weighted by molar-refractivity contribution is 0.0697. The van der Waals surface area contributed by atoms with Crippen molar-refractivity contribution in [3.63, 3.8) is 0 Å². The summed E-state index contributed by atoms with van der Waals surface area (Å²) in [4.78, 5) is 13.8. The summed E-state index contributed by atoms with van der Waals surface area (Å²) in [5.74, 6) is -0.900. The van der Waals surface area contributed by atoms with Crippen molar-refractivity contribution in [1.82, 2.24) is 5.32 Å². The number of thiophene rings is 1. The predicted molar refractivity (Wildman–Crippen MR) is 88.0 cm³/mol. The minimum atomic E-state index is -0.900. The molecule has 0 unspecified atom stereocenters. The first-order valence-electron chi connectivity index (χ1n) is 6.96. The number of carboxylic acid groups (broad SMARTS) is 1. The Bertz CT molecular complexity index is 659. The first-order valence-corrected chi connectivity index (χ1v) is 8.57. The molecule has 2 aromatic rings. The van der Waals surface area contributed by atoms with E-state index in [1.54, 1.807) is 17.0 Å². The smallest absolute Gasteiger partial charge is 0.335 e. The molecule has 1 aliphatic rings. The summed E-state index contributed by atoms with van der Waals surface area (Å²) < 4.78 is 0.837. The van der Waals surface area contributed by atoms with Gasteiger partial charge in [-0.05, 0) is 48.6 Å². The maximum absolute atomic E-state index is 10.9. The molecule has 0 aliphatic heterocycles. The van der Waals surface area contributed by atoms with E-state index in [-0.39, 0.29) is 0 Å². The third-order valence-electron chi connectivity index (χ3n) is 3.71. The van der Waals surface area contributed by atoms with Gasteiger partial charge >= 0.3 is 5.97 Å². The van der Waals surface area contributed by atoms with Crippen molar-refractivity contribution in [2.45, 2.75) is 32.4 Å². The molecule has 1 aliphatic carbocycles. The van der Waals surface area contributed by atoms with Crippen LogP contribution < -0.4 is 5.32 Å². The summed E-state index contributed by atoms with van der Waals surface area (Å²) in [5, 5.41) is 12.4. The molecular weight excluding hydrogens is 350 g/mol. The number of aromatic carboxylic acids is 1. The van der Waals surface area contributed by atoms with Crippen LogP contribution in [0.4, 0.5) is 0 Å². The summed E-state index contributed by atoms with van der Waals surface area (Å²) in [6, 6.07) is 7.47. The van der Waals surface area contributed by atoms with E-state index in [1.165, 1.54) is 29.7 Å². The van der Waals surface area contributed by atoms with Crippen molar-refractivity contribution < 1.29 is 9.90 Å². The zero-order chi connectivity index (χ0) is 14.8. The largest absolute Gasteiger partial charge is 0.478 e. The highest BCUT2D eigenvalue weighted by molar-refractivity contribution is 9.10. The molecule has 0 radical (unpaired) electrons. The molecular formula is C16H16BrNO2S. The molecule has 1 aromatic heterocycles. The Kier molecular flexibility index (Phi) is 4.42. The summed E-state index contributed by atoms with van der Waals surface area (Å²) in [7, 11) is 0. The van der Waals surface area contributed by atoms with E-state index in [0.717, 1.165) is 23.1 Å². The van der Waals surface area contributed by atoms with Crippen LogP contribution in [0.25, 0.3) is 0 Å². The van der Waals surface area contributed by atoms with Crippen LogP contribution in [0.1, 0.15) is 37.7 Å². The van der Waals surface area contributed by atoms with Gasteiger partial charge in [-0.15, -0.1) is 11.3 Å². The van der Waals surface area contributed by atoms with Gasteiger partial charge < -0.3 is 10.4 Å². The third kappa shape index (κ3) is 3.36. The molecule has 21 heavy (non-hydrogen) atoms. The van der Waals surface area contributed by atoms with Gasteiger partial charge in [0.25, 0.3) is 0 Å². The fourth-order valence-electron chi connectivity index (χ4n) is 2.62. The van der Waals surface area contributed by atoms with E-state index < -0.39 is 5.97 Å². The lowest BCUT2D eigenvalue weighted by Gasteiger charge is -2.07. The lowest BCUT2D eigenvalue weighted by Crippen LogP contribution is -2.12. The van der Waals surface area contributed by atoms with Crippen LogP contribution in [0.2, 0.25) is 0 Å². The highest BCUT2D eigenvalue weighted by atomic mass is 79.9. The Hall–Kier alpha value is -1.17. The van der Waals surface area contributed by atoms with Crippen molar-refractivity contribution in [1.29, 1.82) is 0 Å². The van der Waals surface area contributed by atoms with Gasteiger partial charge in [0.1, 0.15) is 0 Å². The Labute approximate surface area is 136 Å². The third-order valence-corrected chi connectivity index (χ3v) is 5.69. The highest BCUT2D eigenvalue weighted by Crippen LogP contribution is 2.30. The molecule has 0 atom stereocenters. The van der Waals surface area contributed by atoms with E-state index >= 15 is 0 Å². The number of hydrogen-bond donors (Lipinski definition) is 2. The van der Waals surface area contributed by atoms with E-state index in [0.29, 0.717) is 5.56 Å². The summed E-state index contributed by atoms with van der Waals surface area (Å²) in [5.41, 5.74) is 2.91. The molecule has 3 rings (SSSR count). The predicted octanol–water partition coefficient (Wildman–Crippen LogP) is 3.99. The minimum Gasteiger partial charge on any atom is -0.478 e. The SMILES string of the molecule is O=C(O)c1ccc(CNCc2cc3c(s2)CCC3)c(Br)c1.